The van der Waals surface area contributed by atoms with Crippen LogP contribution in [-0.4, -0.2) is 16.4 Å². The van der Waals surface area contributed by atoms with Crippen molar-refractivity contribution < 1.29 is 9.59 Å². The first-order valence-electron chi connectivity index (χ1n) is 7.78. The number of nitrogens with zero attached hydrogens (tertiary/aromatic N) is 1. The fraction of sp³-hybridized carbons (Fsp3) is 0. The van der Waals surface area contributed by atoms with Crippen molar-refractivity contribution in [2.45, 2.75) is 0 Å². The number of hydrogen-bond donors (Lipinski definition) is 2. The van der Waals surface area contributed by atoms with Crippen LogP contribution < -0.4 is 11.1 Å². The highest BCUT2D eigenvalue weighted by Crippen LogP contribution is 2.34. The summed E-state index contributed by atoms with van der Waals surface area (Å²) in [4.78, 5) is 24.9. The van der Waals surface area contributed by atoms with E-state index in [0.29, 0.717) is 16.8 Å². The van der Waals surface area contributed by atoms with Crippen molar-refractivity contribution >= 4 is 39.7 Å². The number of carbonyl (C=O) groups excluding carboxylic acids is 2. The summed E-state index contributed by atoms with van der Waals surface area (Å²) in [7, 11) is 0. The highest BCUT2D eigenvalue weighted by Gasteiger charge is 2.34. The second-order valence-electron chi connectivity index (χ2n) is 5.82. The number of nitrogens with one attached hydrogen (secondary N) is 1. The van der Waals surface area contributed by atoms with Gasteiger partial charge in [-0.05, 0) is 29.2 Å². The molecular weight excluding hydrogens is 314 g/mol. The van der Waals surface area contributed by atoms with Gasteiger partial charge in [-0.3, -0.25) is 14.9 Å². The molecule has 3 N–H and O–H groups in total. The predicted molar refractivity (Wildman–Crippen MR) is 98.2 cm³/mol. The van der Waals surface area contributed by atoms with Gasteiger partial charge in [0.25, 0.3) is 11.8 Å². The summed E-state index contributed by atoms with van der Waals surface area (Å²) >= 11 is 0. The highest BCUT2D eigenvalue weighted by atomic mass is 16.2. The quantitative estimate of drug-likeness (QED) is 0.573. The number of nitrogens with two attached hydrogens (primary N) is 1. The first-order chi connectivity index (χ1) is 12.1. The minimum atomic E-state index is -0.467. The molecule has 3 aromatic rings. The molecular formula is C20H15N3O2. The molecule has 5 heteroatoms. The average molecular weight is 329 g/mol. The van der Waals surface area contributed by atoms with Gasteiger partial charge in [0.05, 0.1) is 11.1 Å². The van der Waals surface area contributed by atoms with Crippen LogP contribution >= 0.6 is 0 Å². The number of rotatable bonds is 3. The van der Waals surface area contributed by atoms with Gasteiger partial charge in [-0.25, -0.2) is 0 Å². The summed E-state index contributed by atoms with van der Waals surface area (Å²) < 4.78 is 1.72. The molecule has 0 saturated carbocycles. The van der Waals surface area contributed by atoms with Gasteiger partial charge in [0.1, 0.15) is 5.70 Å². The lowest BCUT2D eigenvalue weighted by Gasteiger charge is -2.11. The number of nitrogen functional groups attached to an aromatic ring is 1. The zero-order valence-electron chi connectivity index (χ0n) is 13.3. The molecule has 2 amide bonds. The van der Waals surface area contributed by atoms with Gasteiger partial charge in [-0.1, -0.05) is 43.0 Å². The van der Waals surface area contributed by atoms with Crippen molar-refractivity contribution in [3.63, 3.8) is 0 Å². The molecule has 122 valence electrons. The molecule has 0 atom stereocenters. The van der Waals surface area contributed by atoms with E-state index in [1.807, 2.05) is 36.4 Å². The van der Waals surface area contributed by atoms with Crippen molar-refractivity contribution in [3.8, 4) is 0 Å². The maximum absolute atomic E-state index is 12.5. The molecule has 5 nitrogen and oxygen atoms in total. The largest absolute Gasteiger partial charge is 0.398 e. The summed E-state index contributed by atoms with van der Waals surface area (Å²) in [6, 6.07) is 16.7. The third-order valence-electron chi connectivity index (χ3n) is 4.33. The Kier molecular flexibility index (Phi) is 3.28. The molecule has 0 bridgehead atoms. The summed E-state index contributed by atoms with van der Waals surface area (Å²) in [6.45, 7) is 4.03. The number of imide groups is 1. The van der Waals surface area contributed by atoms with E-state index in [1.54, 1.807) is 29.0 Å². The topological polar surface area (TPSA) is 77.1 Å². The molecule has 2 aromatic carbocycles. The molecule has 1 aromatic heterocycles. The second kappa shape index (κ2) is 5.49. The predicted octanol–water partition coefficient (Wildman–Crippen LogP) is 2.80. The molecule has 0 spiro atoms. The lowest BCUT2D eigenvalue weighted by atomic mass is 9.97. The normalized spacial score (nSPS) is 14.2. The molecule has 4 rings (SSSR count). The Morgan fingerprint density at radius 2 is 1.68 bits per heavy atom. The van der Waals surface area contributed by atoms with Crippen LogP contribution in [0.2, 0.25) is 0 Å². The molecule has 25 heavy (non-hydrogen) atoms. The SMILES string of the molecule is C=C(C1=C(n2ccc3ccccc32)C(=O)NC1=O)c1ccccc1N. The van der Waals surface area contributed by atoms with Crippen LogP contribution in [0.1, 0.15) is 5.56 Å². The van der Waals surface area contributed by atoms with E-state index < -0.39 is 11.8 Å². The third kappa shape index (κ3) is 2.25. The number of hydrogen-bond acceptors (Lipinski definition) is 3. The molecule has 0 radical (unpaired) electrons. The Hall–Kier alpha value is -3.60. The number of carbonyl (C=O) groups is 2. The number of anilines is 1. The van der Waals surface area contributed by atoms with Gasteiger partial charge in [-0.15, -0.1) is 0 Å². The number of aromatic nitrogens is 1. The van der Waals surface area contributed by atoms with E-state index in [9.17, 15) is 9.59 Å². The Bertz CT molecular complexity index is 1090. The summed E-state index contributed by atoms with van der Waals surface area (Å²) in [6.07, 6.45) is 1.78. The molecule has 0 unspecified atom stereocenters. The first kappa shape index (κ1) is 15.0. The van der Waals surface area contributed by atoms with Gasteiger partial charge in [0.2, 0.25) is 0 Å². The van der Waals surface area contributed by atoms with Crippen molar-refractivity contribution in [2.24, 2.45) is 0 Å². The lowest BCUT2D eigenvalue weighted by molar-refractivity contribution is -0.123. The van der Waals surface area contributed by atoms with E-state index in [2.05, 4.69) is 11.9 Å². The van der Waals surface area contributed by atoms with Crippen LogP contribution in [0.3, 0.4) is 0 Å². The van der Waals surface area contributed by atoms with Gasteiger partial charge >= 0.3 is 0 Å². The van der Waals surface area contributed by atoms with Crippen molar-refractivity contribution in [2.75, 3.05) is 5.73 Å². The number of amides is 2. The Balaban J connectivity index is 1.96. The maximum atomic E-state index is 12.5. The zero-order chi connectivity index (χ0) is 17.6. The summed E-state index contributed by atoms with van der Waals surface area (Å²) in [5.74, 6) is -0.914. The highest BCUT2D eigenvalue weighted by molar-refractivity contribution is 6.38. The smallest absolute Gasteiger partial charge is 0.275 e. The van der Waals surface area contributed by atoms with Crippen LogP contribution in [0.15, 0.2) is 72.9 Å². The van der Waals surface area contributed by atoms with Crippen molar-refractivity contribution in [1.82, 2.24) is 9.88 Å². The Labute approximate surface area is 144 Å². The average Bonchev–Trinajstić information content (AvgIpc) is 3.14. The standard InChI is InChI=1S/C20H15N3O2/c1-12(14-7-3-4-8-15(14)21)17-18(20(25)22-19(17)24)23-11-10-13-6-2-5-9-16(13)23/h2-11H,1,21H2,(H,22,24,25). The van der Waals surface area contributed by atoms with E-state index >= 15 is 0 Å². The monoisotopic (exact) mass is 329 g/mol. The van der Waals surface area contributed by atoms with Gasteiger partial charge < -0.3 is 10.3 Å². The molecule has 0 saturated heterocycles. The molecule has 0 aliphatic carbocycles. The maximum Gasteiger partial charge on any atom is 0.275 e. The number of fused-ring (bicyclic) bond motifs is 1. The molecule has 2 heterocycles. The molecule has 1 aliphatic heterocycles. The van der Waals surface area contributed by atoms with Crippen LogP contribution in [0.5, 0.6) is 0 Å². The van der Waals surface area contributed by atoms with E-state index in [4.69, 9.17) is 5.73 Å². The third-order valence-corrected chi connectivity index (χ3v) is 4.33. The minimum absolute atomic E-state index is 0.240. The van der Waals surface area contributed by atoms with E-state index in [1.165, 1.54) is 0 Å². The Morgan fingerprint density at radius 3 is 2.48 bits per heavy atom. The van der Waals surface area contributed by atoms with Crippen molar-refractivity contribution in [1.29, 1.82) is 0 Å². The molecule has 1 aliphatic rings. The number of para-hydroxylation sites is 2. The van der Waals surface area contributed by atoms with Crippen LogP contribution in [-0.2, 0) is 9.59 Å². The Morgan fingerprint density at radius 1 is 0.960 bits per heavy atom. The van der Waals surface area contributed by atoms with Gasteiger partial charge in [0.15, 0.2) is 0 Å². The van der Waals surface area contributed by atoms with E-state index in [0.717, 1.165) is 10.9 Å². The van der Waals surface area contributed by atoms with E-state index in [-0.39, 0.29) is 11.3 Å². The fourth-order valence-corrected chi connectivity index (χ4v) is 3.14. The van der Waals surface area contributed by atoms with Crippen molar-refractivity contribution in [3.05, 3.63) is 78.5 Å². The summed E-state index contributed by atoms with van der Waals surface area (Å²) in [5.41, 5.74) is 8.93. The summed E-state index contributed by atoms with van der Waals surface area (Å²) in [5, 5.41) is 3.34. The second-order valence-corrected chi connectivity index (χ2v) is 5.82. The fourth-order valence-electron chi connectivity index (χ4n) is 3.14. The zero-order valence-corrected chi connectivity index (χ0v) is 13.3. The van der Waals surface area contributed by atoms with Crippen LogP contribution in [0, 0.1) is 0 Å². The van der Waals surface area contributed by atoms with Crippen LogP contribution in [0.4, 0.5) is 5.69 Å². The minimum Gasteiger partial charge on any atom is -0.398 e. The van der Waals surface area contributed by atoms with Gasteiger partial charge in [-0.2, -0.15) is 0 Å². The number of benzene rings is 2. The van der Waals surface area contributed by atoms with Crippen LogP contribution in [0.25, 0.3) is 22.2 Å². The lowest BCUT2D eigenvalue weighted by Crippen LogP contribution is -2.23. The first-order valence-corrected chi connectivity index (χ1v) is 7.78. The van der Waals surface area contributed by atoms with Gasteiger partial charge in [0, 0.05) is 17.4 Å². The molecule has 0 fully saturated rings.